The van der Waals surface area contributed by atoms with Crippen LogP contribution in [0.25, 0.3) is 0 Å². The van der Waals surface area contributed by atoms with Crippen molar-refractivity contribution in [3.05, 3.63) is 108 Å². The number of rotatable bonds is 7. The van der Waals surface area contributed by atoms with Crippen LogP contribution >= 0.6 is 0 Å². The molecule has 1 N–H and O–H groups in total. The van der Waals surface area contributed by atoms with Crippen molar-refractivity contribution in [3.8, 4) is 0 Å². The highest BCUT2D eigenvalue weighted by molar-refractivity contribution is 5.49. The molecule has 1 unspecified atom stereocenters. The molecule has 0 aliphatic heterocycles. The molecule has 0 saturated heterocycles. The summed E-state index contributed by atoms with van der Waals surface area (Å²) in [7, 11) is 4.26. The zero-order valence-electron chi connectivity index (χ0n) is 15.9. The first-order chi connectivity index (χ1) is 12.7. The molecule has 0 heterocycles. The molecular weight excluding hydrogens is 316 g/mol. The van der Waals surface area contributed by atoms with Crippen LogP contribution in [-0.4, -0.2) is 25.2 Å². The first-order valence-electron chi connectivity index (χ1n) is 9.32. The predicted molar refractivity (Wildman–Crippen MR) is 110 cm³/mol. The summed E-state index contributed by atoms with van der Waals surface area (Å²) in [5, 5.41) is 3.49. The molecular formula is C24H28N2. The first-order valence-corrected chi connectivity index (χ1v) is 9.32. The summed E-state index contributed by atoms with van der Waals surface area (Å²) < 4.78 is 0. The quantitative estimate of drug-likeness (QED) is 0.486. The van der Waals surface area contributed by atoms with Gasteiger partial charge >= 0.3 is 0 Å². The maximum atomic E-state index is 3.49. The molecule has 0 aromatic heterocycles. The van der Waals surface area contributed by atoms with Crippen LogP contribution in [0.1, 0.15) is 30.0 Å². The molecule has 3 aromatic carbocycles. The normalized spacial score (nSPS) is 12.9. The van der Waals surface area contributed by atoms with Crippen molar-refractivity contribution in [3.63, 3.8) is 0 Å². The van der Waals surface area contributed by atoms with Gasteiger partial charge in [-0.15, -0.1) is 0 Å². The van der Waals surface area contributed by atoms with E-state index in [0.29, 0.717) is 0 Å². The summed E-state index contributed by atoms with van der Waals surface area (Å²) in [6, 6.07) is 32.4. The number of nitrogens with zero attached hydrogens (tertiary/aromatic N) is 1. The van der Waals surface area contributed by atoms with Gasteiger partial charge in [-0.2, -0.15) is 0 Å². The van der Waals surface area contributed by atoms with E-state index in [4.69, 9.17) is 0 Å². The number of nitrogens with one attached hydrogen (secondary N) is 1. The Morgan fingerprint density at radius 3 is 1.35 bits per heavy atom. The molecule has 0 spiro atoms. The van der Waals surface area contributed by atoms with Crippen LogP contribution in [0, 0.1) is 0 Å². The molecule has 26 heavy (non-hydrogen) atoms. The Morgan fingerprint density at radius 1 is 0.731 bits per heavy atom. The third kappa shape index (κ3) is 3.18. The lowest BCUT2D eigenvalue weighted by Gasteiger charge is -2.47. The first kappa shape index (κ1) is 18.4. The lowest BCUT2D eigenvalue weighted by atomic mass is 9.75. The summed E-state index contributed by atoms with van der Waals surface area (Å²) in [6.45, 7) is 2.23. The fourth-order valence-electron chi connectivity index (χ4n) is 4.05. The molecule has 3 rings (SSSR count). The fourth-order valence-corrected chi connectivity index (χ4v) is 4.05. The van der Waals surface area contributed by atoms with Gasteiger partial charge in [0.25, 0.3) is 0 Å². The molecule has 2 heteroatoms. The van der Waals surface area contributed by atoms with Gasteiger partial charge in [-0.3, -0.25) is 4.90 Å². The second-order valence-corrected chi connectivity index (χ2v) is 6.63. The van der Waals surface area contributed by atoms with Crippen LogP contribution in [0.15, 0.2) is 91.0 Å². The maximum absolute atomic E-state index is 3.49. The van der Waals surface area contributed by atoms with Crippen LogP contribution < -0.4 is 5.32 Å². The lowest BCUT2D eigenvalue weighted by molar-refractivity contribution is 0.113. The Hall–Kier alpha value is -2.42. The van der Waals surface area contributed by atoms with Gasteiger partial charge in [0.1, 0.15) is 0 Å². The largest absolute Gasteiger partial charge is 0.305 e. The molecule has 0 aliphatic rings. The van der Waals surface area contributed by atoms with E-state index < -0.39 is 0 Å². The monoisotopic (exact) mass is 344 g/mol. The summed E-state index contributed by atoms with van der Waals surface area (Å²) >= 11 is 0. The highest BCUT2D eigenvalue weighted by Crippen LogP contribution is 2.42. The van der Waals surface area contributed by atoms with Gasteiger partial charge in [-0.1, -0.05) is 97.9 Å². The molecule has 0 aliphatic carbocycles. The highest BCUT2D eigenvalue weighted by atomic mass is 15.3. The van der Waals surface area contributed by atoms with E-state index >= 15 is 0 Å². The van der Waals surface area contributed by atoms with E-state index in [1.165, 1.54) is 16.7 Å². The Labute approximate surface area is 157 Å². The van der Waals surface area contributed by atoms with Gasteiger partial charge in [-0.25, -0.2) is 0 Å². The van der Waals surface area contributed by atoms with Crippen LogP contribution in [0.3, 0.4) is 0 Å². The molecule has 0 radical (unpaired) electrons. The number of benzene rings is 3. The van der Waals surface area contributed by atoms with Gasteiger partial charge < -0.3 is 5.32 Å². The topological polar surface area (TPSA) is 15.3 Å². The molecule has 134 valence electrons. The summed E-state index contributed by atoms with van der Waals surface area (Å²) in [5.74, 6) is 0. The number of hydrogen-bond donors (Lipinski definition) is 1. The third-order valence-electron chi connectivity index (χ3n) is 5.29. The van der Waals surface area contributed by atoms with E-state index in [1.54, 1.807) is 0 Å². The molecule has 0 amide bonds. The molecule has 2 nitrogen and oxygen atoms in total. The van der Waals surface area contributed by atoms with E-state index in [9.17, 15) is 0 Å². The third-order valence-corrected chi connectivity index (χ3v) is 5.29. The standard InChI is InChI=1S/C24H28N2/c1-4-23(25-2)26(3)24(20-14-8-5-9-15-20,21-16-10-6-11-17-21)22-18-12-7-13-19-22/h5-19,23,25H,4H2,1-3H3. The van der Waals surface area contributed by atoms with Gasteiger partial charge in [-0.05, 0) is 37.2 Å². The van der Waals surface area contributed by atoms with E-state index in [1.807, 2.05) is 7.05 Å². The average Bonchev–Trinajstić information content (AvgIpc) is 2.72. The maximum Gasteiger partial charge on any atom is 0.0982 e. The molecule has 0 bridgehead atoms. The van der Waals surface area contributed by atoms with Crippen molar-refractivity contribution in [2.24, 2.45) is 0 Å². The predicted octanol–water partition coefficient (Wildman–Crippen LogP) is 4.87. The Kier molecular flexibility index (Phi) is 5.87. The smallest absolute Gasteiger partial charge is 0.0982 e. The Morgan fingerprint density at radius 2 is 1.08 bits per heavy atom. The van der Waals surface area contributed by atoms with E-state index in [-0.39, 0.29) is 11.7 Å². The summed E-state index contributed by atoms with van der Waals surface area (Å²) in [5.41, 5.74) is 3.45. The number of hydrogen-bond acceptors (Lipinski definition) is 2. The van der Waals surface area contributed by atoms with E-state index in [2.05, 4.69) is 115 Å². The lowest BCUT2D eigenvalue weighted by Crippen LogP contribution is -2.54. The van der Waals surface area contributed by atoms with Crippen molar-refractivity contribution < 1.29 is 0 Å². The molecule has 0 saturated carbocycles. The minimum absolute atomic E-state index is 0.246. The highest BCUT2D eigenvalue weighted by Gasteiger charge is 2.42. The summed E-state index contributed by atoms with van der Waals surface area (Å²) in [4.78, 5) is 2.47. The minimum Gasteiger partial charge on any atom is -0.305 e. The van der Waals surface area contributed by atoms with Crippen molar-refractivity contribution >= 4 is 0 Å². The molecule has 1 atom stereocenters. The van der Waals surface area contributed by atoms with Gasteiger partial charge in [0.15, 0.2) is 0 Å². The average molecular weight is 345 g/mol. The van der Waals surface area contributed by atoms with Crippen molar-refractivity contribution in [2.45, 2.75) is 25.0 Å². The molecule has 0 fully saturated rings. The van der Waals surface area contributed by atoms with Gasteiger partial charge in [0.2, 0.25) is 0 Å². The second-order valence-electron chi connectivity index (χ2n) is 6.63. The summed E-state index contributed by atoms with van der Waals surface area (Å²) in [6.07, 6.45) is 1.26. The van der Waals surface area contributed by atoms with Crippen LogP contribution in [0.4, 0.5) is 0 Å². The van der Waals surface area contributed by atoms with Gasteiger partial charge in [0.05, 0.1) is 11.7 Å². The Bertz CT molecular complexity index is 684. The van der Waals surface area contributed by atoms with Crippen molar-refractivity contribution in [1.82, 2.24) is 10.2 Å². The van der Waals surface area contributed by atoms with Crippen LogP contribution in [0.5, 0.6) is 0 Å². The second kappa shape index (κ2) is 8.31. The van der Waals surface area contributed by atoms with Crippen LogP contribution in [0.2, 0.25) is 0 Å². The SMILES string of the molecule is CCC(NC)N(C)C(c1ccccc1)(c1ccccc1)c1ccccc1. The minimum atomic E-state index is -0.368. The van der Waals surface area contributed by atoms with Crippen LogP contribution in [-0.2, 0) is 5.54 Å². The van der Waals surface area contributed by atoms with Crippen molar-refractivity contribution in [2.75, 3.05) is 14.1 Å². The zero-order valence-corrected chi connectivity index (χ0v) is 15.9. The fraction of sp³-hybridized carbons (Fsp3) is 0.250. The Balaban J connectivity index is 2.35. The van der Waals surface area contributed by atoms with Gasteiger partial charge in [0, 0.05) is 0 Å². The molecule has 3 aromatic rings. The van der Waals surface area contributed by atoms with Crippen molar-refractivity contribution in [1.29, 1.82) is 0 Å². The van der Waals surface area contributed by atoms with E-state index in [0.717, 1.165) is 6.42 Å². The zero-order chi connectivity index (χ0) is 18.4.